The van der Waals surface area contributed by atoms with E-state index < -0.39 is 0 Å². The van der Waals surface area contributed by atoms with Gasteiger partial charge in [0, 0.05) is 13.2 Å². The Kier molecular flexibility index (Phi) is 2.67. The van der Waals surface area contributed by atoms with Crippen molar-refractivity contribution in [2.75, 3.05) is 30.4 Å². The van der Waals surface area contributed by atoms with E-state index in [1.807, 2.05) is 0 Å². The van der Waals surface area contributed by atoms with Gasteiger partial charge in [0.2, 0.25) is 17.8 Å². The Bertz CT molecular complexity index is 418. The fourth-order valence-corrected chi connectivity index (χ4v) is 1.44. The summed E-state index contributed by atoms with van der Waals surface area (Å²) in [5, 5.41) is 5.02. The summed E-state index contributed by atoms with van der Waals surface area (Å²) >= 11 is 0. The molecule has 0 aromatic carbocycles. The lowest BCUT2D eigenvalue weighted by atomic mass is 10.3. The number of imide groups is 1. The molecule has 2 heterocycles. The molecule has 2 rings (SSSR count). The molecule has 1 saturated heterocycles. The monoisotopic (exact) mass is 221 g/mol. The lowest BCUT2D eigenvalue weighted by Crippen LogP contribution is -2.51. The molecule has 0 saturated carbocycles. The molecule has 1 aromatic heterocycles. The lowest BCUT2D eigenvalue weighted by molar-refractivity contribution is -0.130. The average molecular weight is 221 g/mol. The number of piperazine rings is 1. The van der Waals surface area contributed by atoms with Crippen LogP contribution in [0.15, 0.2) is 12.3 Å². The average Bonchev–Trinajstić information content (AvgIpc) is 2.28. The van der Waals surface area contributed by atoms with Gasteiger partial charge in [-0.1, -0.05) is 0 Å². The number of nitrogens with one attached hydrogen (secondary N) is 2. The van der Waals surface area contributed by atoms with Crippen LogP contribution < -0.4 is 15.5 Å². The summed E-state index contributed by atoms with van der Waals surface area (Å²) in [5.41, 5.74) is 0. The minimum absolute atomic E-state index is 0.131. The number of hydrogen-bond acceptors (Lipinski definition) is 6. The van der Waals surface area contributed by atoms with Crippen LogP contribution in [0.25, 0.3) is 0 Å². The first-order chi connectivity index (χ1) is 7.69. The molecule has 7 nitrogen and oxygen atoms in total. The number of nitrogens with zero attached hydrogens (tertiary/aromatic N) is 3. The second kappa shape index (κ2) is 4.13. The smallest absolute Gasteiger partial charge is 0.246 e. The molecular formula is C9H11N5O2. The van der Waals surface area contributed by atoms with Crippen molar-refractivity contribution in [2.45, 2.75) is 0 Å². The van der Waals surface area contributed by atoms with Crippen molar-refractivity contribution in [3.8, 4) is 0 Å². The normalized spacial score (nSPS) is 15.9. The summed E-state index contributed by atoms with van der Waals surface area (Å²) in [6.07, 6.45) is 1.57. The Morgan fingerprint density at radius 2 is 2.06 bits per heavy atom. The number of aromatic nitrogens is 2. The van der Waals surface area contributed by atoms with E-state index in [0.717, 1.165) is 0 Å². The second-order valence-corrected chi connectivity index (χ2v) is 3.32. The maximum absolute atomic E-state index is 11.2. The fraction of sp³-hybridized carbons (Fsp3) is 0.333. The SMILES string of the molecule is CNc1nccc(N2CC(=O)NC(=O)C2)n1. The first-order valence-corrected chi connectivity index (χ1v) is 4.77. The number of carbonyl (C=O) groups is 2. The number of rotatable bonds is 2. The molecule has 1 aliphatic heterocycles. The van der Waals surface area contributed by atoms with E-state index in [9.17, 15) is 9.59 Å². The standard InChI is InChI=1S/C9H11N5O2/c1-10-9-11-3-2-6(12-9)14-4-7(15)13-8(16)5-14/h2-3H,4-5H2,1H3,(H,10,11,12)(H,13,15,16). The van der Waals surface area contributed by atoms with Gasteiger partial charge in [0.05, 0.1) is 13.1 Å². The first kappa shape index (κ1) is 10.3. The molecule has 2 amide bonds. The summed E-state index contributed by atoms with van der Waals surface area (Å²) in [6.45, 7) is 0.262. The van der Waals surface area contributed by atoms with Gasteiger partial charge in [-0.25, -0.2) is 4.98 Å². The Morgan fingerprint density at radius 1 is 1.38 bits per heavy atom. The molecule has 0 bridgehead atoms. The van der Waals surface area contributed by atoms with Gasteiger partial charge in [0.25, 0.3) is 0 Å². The number of amides is 2. The Labute approximate surface area is 91.9 Å². The largest absolute Gasteiger partial charge is 0.357 e. The molecule has 0 spiro atoms. The third kappa shape index (κ3) is 2.08. The molecule has 1 aliphatic rings. The van der Waals surface area contributed by atoms with Crippen molar-refractivity contribution in [1.29, 1.82) is 0 Å². The van der Waals surface area contributed by atoms with Crippen molar-refractivity contribution in [3.63, 3.8) is 0 Å². The van der Waals surface area contributed by atoms with Crippen LogP contribution in [-0.4, -0.2) is 41.9 Å². The Morgan fingerprint density at radius 3 is 2.69 bits per heavy atom. The summed E-state index contributed by atoms with van der Waals surface area (Å²) in [7, 11) is 1.70. The van der Waals surface area contributed by atoms with Gasteiger partial charge in [-0.15, -0.1) is 0 Å². The quantitative estimate of drug-likeness (QED) is 0.622. The highest BCUT2D eigenvalue weighted by molar-refractivity contribution is 6.02. The summed E-state index contributed by atoms with van der Waals surface area (Å²) in [6, 6.07) is 1.66. The van der Waals surface area contributed by atoms with Crippen LogP contribution >= 0.6 is 0 Å². The van der Waals surface area contributed by atoms with E-state index in [2.05, 4.69) is 20.6 Å². The first-order valence-electron chi connectivity index (χ1n) is 4.77. The zero-order chi connectivity index (χ0) is 11.5. The third-order valence-corrected chi connectivity index (χ3v) is 2.14. The molecule has 16 heavy (non-hydrogen) atoms. The van der Waals surface area contributed by atoms with Gasteiger partial charge in [-0.3, -0.25) is 14.9 Å². The van der Waals surface area contributed by atoms with Crippen LogP contribution in [0.5, 0.6) is 0 Å². The molecule has 0 unspecified atom stereocenters. The number of carbonyl (C=O) groups excluding carboxylic acids is 2. The molecule has 0 aliphatic carbocycles. The van der Waals surface area contributed by atoms with E-state index in [1.54, 1.807) is 24.2 Å². The molecule has 84 valence electrons. The summed E-state index contributed by atoms with van der Waals surface area (Å²) < 4.78 is 0. The number of anilines is 2. The zero-order valence-electron chi connectivity index (χ0n) is 8.73. The minimum atomic E-state index is -0.319. The Balaban J connectivity index is 2.22. The van der Waals surface area contributed by atoms with E-state index in [1.165, 1.54) is 0 Å². The van der Waals surface area contributed by atoms with Gasteiger partial charge < -0.3 is 10.2 Å². The topological polar surface area (TPSA) is 87.2 Å². The molecule has 2 N–H and O–H groups in total. The lowest BCUT2D eigenvalue weighted by Gasteiger charge is -2.26. The van der Waals surface area contributed by atoms with Gasteiger partial charge in [0.1, 0.15) is 5.82 Å². The maximum Gasteiger partial charge on any atom is 0.246 e. The Hall–Kier alpha value is -2.18. The zero-order valence-corrected chi connectivity index (χ0v) is 8.73. The van der Waals surface area contributed by atoms with Gasteiger partial charge >= 0.3 is 0 Å². The molecule has 7 heteroatoms. The van der Waals surface area contributed by atoms with E-state index in [0.29, 0.717) is 11.8 Å². The van der Waals surface area contributed by atoms with Crippen LogP contribution in [-0.2, 0) is 9.59 Å². The van der Waals surface area contributed by atoms with E-state index >= 15 is 0 Å². The molecule has 1 fully saturated rings. The van der Waals surface area contributed by atoms with E-state index in [-0.39, 0.29) is 24.9 Å². The molecular weight excluding hydrogens is 210 g/mol. The van der Waals surface area contributed by atoms with Crippen molar-refractivity contribution < 1.29 is 9.59 Å². The van der Waals surface area contributed by atoms with E-state index in [4.69, 9.17) is 0 Å². The molecule has 0 radical (unpaired) electrons. The minimum Gasteiger partial charge on any atom is -0.357 e. The predicted octanol–water partition coefficient (Wildman–Crippen LogP) is -1.02. The molecule has 1 aromatic rings. The van der Waals surface area contributed by atoms with Crippen molar-refractivity contribution >= 4 is 23.6 Å². The summed E-state index contributed by atoms with van der Waals surface area (Å²) in [5.74, 6) is 0.375. The second-order valence-electron chi connectivity index (χ2n) is 3.32. The van der Waals surface area contributed by atoms with Gasteiger partial charge in [0.15, 0.2) is 0 Å². The van der Waals surface area contributed by atoms with Gasteiger partial charge in [-0.05, 0) is 6.07 Å². The fourth-order valence-electron chi connectivity index (χ4n) is 1.44. The van der Waals surface area contributed by atoms with Crippen LogP contribution in [0, 0.1) is 0 Å². The van der Waals surface area contributed by atoms with Crippen LogP contribution in [0.3, 0.4) is 0 Å². The van der Waals surface area contributed by atoms with Crippen molar-refractivity contribution in [3.05, 3.63) is 12.3 Å². The van der Waals surface area contributed by atoms with Crippen LogP contribution in [0.2, 0.25) is 0 Å². The highest BCUT2D eigenvalue weighted by atomic mass is 16.2. The predicted molar refractivity (Wildman–Crippen MR) is 56.9 cm³/mol. The third-order valence-electron chi connectivity index (χ3n) is 2.14. The van der Waals surface area contributed by atoms with Crippen molar-refractivity contribution in [1.82, 2.24) is 15.3 Å². The number of hydrogen-bond donors (Lipinski definition) is 2. The molecule has 0 atom stereocenters. The highest BCUT2D eigenvalue weighted by Crippen LogP contribution is 2.12. The highest BCUT2D eigenvalue weighted by Gasteiger charge is 2.23. The van der Waals surface area contributed by atoms with Crippen LogP contribution in [0.1, 0.15) is 0 Å². The maximum atomic E-state index is 11.2. The summed E-state index contributed by atoms with van der Waals surface area (Å²) in [4.78, 5) is 32.1. The van der Waals surface area contributed by atoms with Crippen molar-refractivity contribution in [2.24, 2.45) is 0 Å². The van der Waals surface area contributed by atoms with Gasteiger partial charge in [-0.2, -0.15) is 4.98 Å². The van der Waals surface area contributed by atoms with Crippen LogP contribution in [0.4, 0.5) is 11.8 Å².